The standard InChI is InChI=1S/C56H40O11/c57-36-13-7-30(8-14-36)54-50(33-2-1-3-39(60)21-33)49-34(22-42(63)27-47(49)66-54)6-4-29-5-19-46-44(20-29)52(56(65-46)32-11-17-38(59)18-12-32)45-26-43(64)28-48-53(45)51(35-23-40(61)25-41(62)24-35)55(67-48)31-9-15-37(58)16-10-31/h1-28,50-51,54-55,57-64H/b6-4+. The van der Waals surface area contributed by atoms with Crippen molar-refractivity contribution in [2.75, 3.05) is 0 Å². The normalized spacial score (nSPS) is 17.3. The minimum atomic E-state index is -0.726. The highest BCUT2D eigenvalue weighted by molar-refractivity contribution is 6.04. The molecule has 0 saturated carbocycles. The van der Waals surface area contributed by atoms with Gasteiger partial charge >= 0.3 is 0 Å². The van der Waals surface area contributed by atoms with Gasteiger partial charge in [-0.05, 0) is 136 Å². The van der Waals surface area contributed by atoms with Crippen LogP contribution in [0.2, 0.25) is 0 Å². The van der Waals surface area contributed by atoms with Gasteiger partial charge in [-0.2, -0.15) is 0 Å². The van der Waals surface area contributed by atoms with E-state index < -0.39 is 24.0 Å². The van der Waals surface area contributed by atoms with Crippen LogP contribution < -0.4 is 9.47 Å². The molecule has 4 unspecified atom stereocenters. The summed E-state index contributed by atoms with van der Waals surface area (Å²) in [5, 5.41) is 85.9. The molecule has 0 radical (unpaired) electrons. The Morgan fingerprint density at radius 3 is 1.58 bits per heavy atom. The van der Waals surface area contributed by atoms with E-state index in [4.69, 9.17) is 13.9 Å². The van der Waals surface area contributed by atoms with E-state index in [9.17, 15) is 40.9 Å². The van der Waals surface area contributed by atoms with Crippen LogP contribution >= 0.6 is 0 Å². The number of ether oxygens (including phenoxy) is 2. The number of hydrogen-bond acceptors (Lipinski definition) is 11. The summed E-state index contributed by atoms with van der Waals surface area (Å²) in [6, 6.07) is 43.4. The summed E-state index contributed by atoms with van der Waals surface area (Å²) >= 11 is 0. The zero-order valence-corrected chi connectivity index (χ0v) is 35.3. The van der Waals surface area contributed by atoms with Crippen molar-refractivity contribution in [3.05, 3.63) is 202 Å². The van der Waals surface area contributed by atoms with Gasteiger partial charge in [-0.1, -0.05) is 54.6 Å². The monoisotopic (exact) mass is 888 g/mol. The number of hydrogen-bond donors (Lipinski definition) is 8. The van der Waals surface area contributed by atoms with Crippen LogP contribution in [0.3, 0.4) is 0 Å². The Bertz CT molecular complexity index is 3390. The van der Waals surface area contributed by atoms with Crippen LogP contribution in [-0.2, 0) is 0 Å². The lowest BCUT2D eigenvalue weighted by atomic mass is 9.80. The topological polar surface area (TPSA) is 193 Å². The van der Waals surface area contributed by atoms with Gasteiger partial charge in [-0.15, -0.1) is 0 Å². The quantitative estimate of drug-likeness (QED) is 0.0677. The number of benzene rings is 8. The molecule has 330 valence electrons. The van der Waals surface area contributed by atoms with E-state index in [0.29, 0.717) is 67.2 Å². The van der Waals surface area contributed by atoms with Gasteiger partial charge in [0.05, 0.1) is 11.8 Å². The summed E-state index contributed by atoms with van der Waals surface area (Å²) in [6.45, 7) is 0. The Morgan fingerprint density at radius 1 is 0.403 bits per heavy atom. The van der Waals surface area contributed by atoms with Gasteiger partial charge in [-0.3, -0.25) is 0 Å². The third-order valence-corrected chi connectivity index (χ3v) is 12.5. The zero-order chi connectivity index (χ0) is 46.1. The predicted octanol–water partition coefficient (Wildman–Crippen LogP) is 12.1. The van der Waals surface area contributed by atoms with Crippen molar-refractivity contribution in [2.24, 2.45) is 0 Å². The second-order valence-corrected chi connectivity index (χ2v) is 16.9. The Labute approximate surface area is 382 Å². The molecular formula is C56H40O11. The molecular weight excluding hydrogens is 849 g/mol. The van der Waals surface area contributed by atoms with Gasteiger partial charge < -0.3 is 54.7 Å². The lowest BCUT2D eigenvalue weighted by Gasteiger charge is -2.22. The number of fused-ring (bicyclic) bond motifs is 3. The van der Waals surface area contributed by atoms with E-state index in [1.165, 1.54) is 12.1 Å². The number of phenols is 8. The van der Waals surface area contributed by atoms with Crippen molar-refractivity contribution in [3.63, 3.8) is 0 Å². The van der Waals surface area contributed by atoms with Crippen molar-refractivity contribution in [3.8, 4) is 79.9 Å². The molecule has 9 aromatic rings. The van der Waals surface area contributed by atoms with Crippen molar-refractivity contribution >= 4 is 23.1 Å². The Kier molecular flexibility index (Phi) is 9.70. The first-order valence-electron chi connectivity index (χ1n) is 21.5. The maximum Gasteiger partial charge on any atom is 0.143 e. The molecule has 4 atom stereocenters. The minimum Gasteiger partial charge on any atom is -0.508 e. The van der Waals surface area contributed by atoms with E-state index in [1.54, 1.807) is 121 Å². The van der Waals surface area contributed by atoms with Crippen LogP contribution in [0, 0.1) is 0 Å². The van der Waals surface area contributed by atoms with E-state index in [2.05, 4.69) is 0 Å². The molecule has 0 saturated heterocycles. The van der Waals surface area contributed by atoms with E-state index in [1.807, 2.05) is 36.4 Å². The summed E-state index contributed by atoms with van der Waals surface area (Å²) in [6.07, 6.45) is 2.53. The molecule has 0 aliphatic carbocycles. The summed E-state index contributed by atoms with van der Waals surface area (Å²) in [5.41, 5.74) is 7.95. The molecule has 8 N–H and O–H groups in total. The van der Waals surface area contributed by atoms with Gasteiger partial charge in [0, 0.05) is 45.8 Å². The summed E-state index contributed by atoms with van der Waals surface area (Å²) in [5.74, 6) is 0.105. The maximum atomic E-state index is 11.4. The predicted molar refractivity (Wildman–Crippen MR) is 252 cm³/mol. The van der Waals surface area contributed by atoms with Crippen LogP contribution in [0.4, 0.5) is 0 Å². The van der Waals surface area contributed by atoms with E-state index in [-0.39, 0.29) is 46.0 Å². The van der Waals surface area contributed by atoms with Crippen molar-refractivity contribution < 1.29 is 54.7 Å². The molecule has 11 rings (SSSR count). The molecule has 0 bridgehead atoms. The van der Waals surface area contributed by atoms with Crippen LogP contribution in [0.25, 0.3) is 45.6 Å². The third kappa shape index (κ3) is 7.38. The Balaban J connectivity index is 1.09. The third-order valence-electron chi connectivity index (χ3n) is 12.5. The average molecular weight is 889 g/mol. The van der Waals surface area contributed by atoms with Crippen molar-refractivity contribution in [2.45, 2.75) is 24.0 Å². The lowest BCUT2D eigenvalue weighted by molar-refractivity contribution is 0.221. The molecule has 11 nitrogen and oxygen atoms in total. The van der Waals surface area contributed by atoms with Crippen LogP contribution in [0.15, 0.2) is 162 Å². The average Bonchev–Trinajstić information content (AvgIpc) is 4.00. The molecule has 3 heterocycles. The van der Waals surface area contributed by atoms with E-state index >= 15 is 0 Å². The first-order chi connectivity index (χ1) is 32.4. The van der Waals surface area contributed by atoms with Gasteiger partial charge in [0.2, 0.25) is 0 Å². The van der Waals surface area contributed by atoms with Crippen molar-refractivity contribution in [1.82, 2.24) is 0 Å². The number of rotatable bonds is 8. The SMILES string of the molecule is Oc1ccc(-c2oc3ccc(/C=C/c4cc(O)cc5c4C(c4cccc(O)c4)C(c4ccc(O)cc4)O5)cc3c2-c2cc(O)cc3c2C(c2cc(O)cc(O)c2)C(c2ccc(O)cc2)O3)cc1. The number of aromatic hydroxyl groups is 8. The zero-order valence-electron chi connectivity index (χ0n) is 35.3. The molecule has 11 heteroatoms. The minimum absolute atomic E-state index is 0.00861. The van der Waals surface area contributed by atoms with Gasteiger partial charge in [-0.25, -0.2) is 0 Å². The molecule has 8 aromatic carbocycles. The first kappa shape index (κ1) is 40.8. The molecule has 0 amide bonds. The lowest BCUT2D eigenvalue weighted by Crippen LogP contribution is -2.11. The molecule has 2 aliphatic heterocycles. The fourth-order valence-corrected chi connectivity index (χ4v) is 9.69. The second kappa shape index (κ2) is 15.9. The first-order valence-corrected chi connectivity index (χ1v) is 21.5. The number of furan rings is 1. The fraction of sp³-hybridized carbons (Fsp3) is 0.0714. The maximum absolute atomic E-state index is 11.4. The van der Waals surface area contributed by atoms with E-state index in [0.717, 1.165) is 22.3 Å². The Morgan fingerprint density at radius 2 is 0.955 bits per heavy atom. The van der Waals surface area contributed by atoms with Gasteiger partial charge in [0.1, 0.15) is 81.0 Å². The fourth-order valence-electron chi connectivity index (χ4n) is 9.69. The molecule has 0 fully saturated rings. The molecule has 0 spiro atoms. The van der Waals surface area contributed by atoms with Gasteiger partial charge in [0.15, 0.2) is 0 Å². The highest BCUT2D eigenvalue weighted by atomic mass is 16.5. The largest absolute Gasteiger partial charge is 0.508 e. The van der Waals surface area contributed by atoms with Crippen molar-refractivity contribution in [1.29, 1.82) is 0 Å². The van der Waals surface area contributed by atoms with Crippen LogP contribution in [-0.4, -0.2) is 40.9 Å². The second-order valence-electron chi connectivity index (χ2n) is 16.9. The Hall–Kier alpha value is -8.96. The van der Waals surface area contributed by atoms with Crippen LogP contribution in [0.5, 0.6) is 57.5 Å². The summed E-state index contributed by atoms with van der Waals surface area (Å²) < 4.78 is 19.9. The molecule has 2 aliphatic rings. The van der Waals surface area contributed by atoms with Crippen LogP contribution in [0.1, 0.15) is 68.6 Å². The highest BCUT2D eigenvalue weighted by Gasteiger charge is 2.42. The van der Waals surface area contributed by atoms with Gasteiger partial charge in [0.25, 0.3) is 0 Å². The smallest absolute Gasteiger partial charge is 0.143 e. The number of phenolic OH excluding ortho intramolecular Hbond substituents is 8. The molecule has 67 heavy (non-hydrogen) atoms. The summed E-state index contributed by atoms with van der Waals surface area (Å²) in [7, 11) is 0. The highest BCUT2D eigenvalue weighted by Crippen LogP contribution is 2.58. The summed E-state index contributed by atoms with van der Waals surface area (Å²) in [4.78, 5) is 0. The molecule has 1 aromatic heterocycles.